The first kappa shape index (κ1) is 23.0. The van der Waals surface area contributed by atoms with Gasteiger partial charge in [-0.05, 0) is 46.3 Å². The zero-order valence-corrected chi connectivity index (χ0v) is 17.3. The first-order valence-corrected chi connectivity index (χ1v) is 8.89. The maximum atomic E-state index is 12.3. The molecule has 6 nitrogen and oxygen atoms in total. The predicted octanol–water partition coefficient (Wildman–Crippen LogP) is 4.58. The van der Waals surface area contributed by atoms with Crippen molar-refractivity contribution in [2.45, 2.75) is 54.1 Å². The van der Waals surface area contributed by atoms with Gasteiger partial charge >= 0.3 is 11.9 Å². The lowest BCUT2D eigenvalue weighted by atomic mass is 9.96. The second-order valence-electron chi connectivity index (χ2n) is 6.75. The van der Waals surface area contributed by atoms with Gasteiger partial charge in [-0.3, -0.25) is 4.79 Å². The number of ether oxygens (including phenoxy) is 2. The third kappa shape index (κ3) is 5.74. The molecule has 0 aliphatic carbocycles. The summed E-state index contributed by atoms with van der Waals surface area (Å²) in [6, 6.07) is 1.33. The summed E-state index contributed by atoms with van der Waals surface area (Å²) in [5, 5.41) is 20.5. The molecule has 0 radical (unpaired) electrons. The van der Waals surface area contributed by atoms with Gasteiger partial charge in [-0.25, -0.2) is 4.79 Å². The smallest absolute Gasteiger partial charge is 0.333 e. The summed E-state index contributed by atoms with van der Waals surface area (Å²) in [6.07, 6.45) is 3.07. The van der Waals surface area contributed by atoms with Gasteiger partial charge in [0.05, 0.1) is 0 Å². The number of rotatable bonds is 7. The minimum absolute atomic E-state index is 0.131. The van der Waals surface area contributed by atoms with Gasteiger partial charge < -0.3 is 19.7 Å². The van der Waals surface area contributed by atoms with E-state index in [0.717, 1.165) is 5.57 Å². The second kappa shape index (κ2) is 9.78. The number of benzene rings is 1. The first-order valence-electron chi connectivity index (χ1n) is 8.89. The maximum absolute atomic E-state index is 12.3. The summed E-state index contributed by atoms with van der Waals surface area (Å²) in [7, 11) is 0. The van der Waals surface area contributed by atoms with Gasteiger partial charge in [0.2, 0.25) is 0 Å². The zero-order valence-electron chi connectivity index (χ0n) is 17.3. The van der Waals surface area contributed by atoms with E-state index < -0.39 is 18.0 Å². The lowest BCUT2D eigenvalue weighted by molar-refractivity contribution is -0.141. The third-order valence-corrected chi connectivity index (χ3v) is 4.21. The number of phenolic OH excluding ortho intramolecular Hbond substituents is 2. The van der Waals surface area contributed by atoms with Crippen LogP contribution < -0.4 is 4.74 Å². The number of hydrogen-bond donors (Lipinski definition) is 2. The fourth-order valence-electron chi connectivity index (χ4n) is 2.33. The first-order chi connectivity index (χ1) is 13.0. The van der Waals surface area contributed by atoms with Crippen LogP contribution in [0.4, 0.5) is 0 Å². The van der Waals surface area contributed by atoms with Gasteiger partial charge in [-0.15, -0.1) is 0 Å². The molecule has 0 unspecified atom stereocenters. The average molecular weight is 388 g/mol. The summed E-state index contributed by atoms with van der Waals surface area (Å²) in [5.74, 6) is -1.85. The molecule has 0 spiro atoms. The highest BCUT2D eigenvalue weighted by Crippen LogP contribution is 2.43. The second-order valence-corrected chi connectivity index (χ2v) is 6.75. The molecule has 0 aromatic heterocycles. The standard InChI is InChI=1S/C22H28O6/c1-8-13(4)22(26)28-19(10-9-12(2)3)14(5)17-11-18(24)15(6)20(25)21(17)27-16(7)23/h8-9,11,19,24-25H,5,10H2,1-4,6-7H3/b13-8-/t19-/m1/s1. The van der Waals surface area contributed by atoms with Gasteiger partial charge in [0.1, 0.15) is 11.9 Å². The van der Waals surface area contributed by atoms with Crippen molar-refractivity contribution < 1.29 is 29.3 Å². The van der Waals surface area contributed by atoms with Crippen LogP contribution in [0.2, 0.25) is 0 Å². The van der Waals surface area contributed by atoms with Crippen LogP contribution in [-0.4, -0.2) is 28.3 Å². The number of hydrogen-bond acceptors (Lipinski definition) is 6. The van der Waals surface area contributed by atoms with E-state index in [2.05, 4.69) is 6.58 Å². The molecule has 0 amide bonds. The largest absolute Gasteiger partial charge is 0.508 e. The molecule has 0 fully saturated rings. The molecule has 1 aromatic carbocycles. The molecule has 0 heterocycles. The van der Waals surface area contributed by atoms with Crippen LogP contribution in [0, 0.1) is 6.92 Å². The van der Waals surface area contributed by atoms with Gasteiger partial charge in [-0.1, -0.05) is 24.3 Å². The summed E-state index contributed by atoms with van der Waals surface area (Å²) in [6.45, 7) is 13.8. The molecule has 0 bridgehead atoms. The highest BCUT2D eigenvalue weighted by Gasteiger charge is 2.26. The third-order valence-electron chi connectivity index (χ3n) is 4.21. The highest BCUT2D eigenvalue weighted by atomic mass is 16.5. The van der Waals surface area contributed by atoms with Crippen molar-refractivity contribution in [1.82, 2.24) is 0 Å². The number of carbonyl (C=O) groups excluding carboxylic acids is 2. The normalized spacial score (nSPS) is 12.1. The van der Waals surface area contributed by atoms with Crippen molar-refractivity contribution in [3.8, 4) is 17.2 Å². The van der Waals surface area contributed by atoms with Crippen molar-refractivity contribution in [1.29, 1.82) is 0 Å². The molecule has 0 aliphatic rings. The summed E-state index contributed by atoms with van der Waals surface area (Å²) in [5.41, 5.74) is 2.09. The fourth-order valence-corrected chi connectivity index (χ4v) is 2.33. The van der Waals surface area contributed by atoms with Crippen molar-refractivity contribution in [2.75, 3.05) is 0 Å². The minimum atomic E-state index is -0.784. The summed E-state index contributed by atoms with van der Waals surface area (Å²) >= 11 is 0. The van der Waals surface area contributed by atoms with E-state index in [1.165, 1.54) is 19.9 Å². The van der Waals surface area contributed by atoms with E-state index in [-0.39, 0.29) is 33.9 Å². The highest BCUT2D eigenvalue weighted by molar-refractivity contribution is 5.89. The Morgan fingerprint density at radius 1 is 1.21 bits per heavy atom. The van der Waals surface area contributed by atoms with Crippen LogP contribution in [0.25, 0.3) is 5.57 Å². The van der Waals surface area contributed by atoms with Gasteiger partial charge in [0, 0.05) is 30.0 Å². The van der Waals surface area contributed by atoms with Crippen LogP contribution in [0.5, 0.6) is 17.2 Å². The Morgan fingerprint density at radius 3 is 2.32 bits per heavy atom. The van der Waals surface area contributed by atoms with Crippen LogP contribution in [0.1, 0.15) is 52.2 Å². The monoisotopic (exact) mass is 388 g/mol. The number of phenols is 2. The Hall–Kier alpha value is -3.02. The quantitative estimate of drug-likeness (QED) is 0.307. The van der Waals surface area contributed by atoms with Crippen LogP contribution in [0.3, 0.4) is 0 Å². The molecular formula is C22H28O6. The molecule has 0 saturated carbocycles. The van der Waals surface area contributed by atoms with E-state index in [4.69, 9.17) is 9.47 Å². The topological polar surface area (TPSA) is 93.1 Å². The Bertz CT molecular complexity index is 841. The molecule has 0 saturated heterocycles. The van der Waals surface area contributed by atoms with Gasteiger partial charge in [0.15, 0.2) is 11.5 Å². The van der Waals surface area contributed by atoms with Crippen LogP contribution >= 0.6 is 0 Å². The van der Waals surface area contributed by atoms with Crippen LogP contribution in [-0.2, 0) is 14.3 Å². The minimum Gasteiger partial charge on any atom is -0.508 e. The Kier molecular flexibility index (Phi) is 8.04. The summed E-state index contributed by atoms with van der Waals surface area (Å²) < 4.78 is 10.7. The van der Waals surface area contributed by atoms with E-state index in [9.17, 15) is 19.8 Å². The molecule has 0 aliphatic heterocycles. The van der Waals surface area contributed by atoms with E-state index in [1.807, 2.05) is 19.9 Å². The fraction of sp³-hybridized carbons (Fsp3) is 0.364. The van der Waals surface area contributed by atoms with Crippen molar-refractivity contribution in [3.63, 3.8) is 0 Å². The van der Waals surface area contributed by atoms with E-state index >= 15 is 0 Å². The predicted molar refractivity (Wildman–Crippen MR) is 108 cm³/mol. The molecule has 28 heavy (non-hydrogen) atoms. The van der Waals surface area contributed by atoms with Crippen molar-refractivity contribution in [3.05, 3.63) is 47.1 Å². The Labute approximate surface area is 165 Å². The van der Waals surface area contributed by atoms with Crippen molar-refractivity contribution in [2.24, 2.45) is 0 Å². The lowest BCUT2D eigenvalue weighted by Gasteiger charge is -2.22. The molecule has 152 valence electrons. The molecule has 1 aromatic rings. The molecule has 1 rings (SSSR count). The van der Waals surface area contributed by atoms with Gasteiger partial charge in [0.25, 0.3) is 0 Å². The average Bonchev–Trinajstić information content (AvgIpc) is 2.63. The number of esters is 2. The van der Waals surface area contributed by atoms with E-state index in [0.29, 0.717) is 12.0 Å². The molecule has 1 atom stereocenters. The lowest BCUT2D eigenvalue weighted by Crippen LogP contribution is -2.20. The molecule has 6 heteroatoms. The molecule has 2 N–H and O–H groups in total. The SMILES string of the molecule is C=C(c1cc(O)c(C)c(O)c1OC(C)=O)[C@@H](CC=C(C)C)OC(=O)/C(C)=C\C. The Balaban J connectivity index is 3.46. The summed E-state index contributed by atoms with van der Waals surface area (Å²) in [4.78, 5) is 23.8. The zero-order chi connectivity index (χ0) is 21.6. The number of allylic oxidation sites excluding steroid dienone is 2. The van der Waals surface area contributed by atoms with Gasteiger partial charge in [-0.2, -0.15) is 0 Å². The number of carbonyl (C=O) groups is 2. The molecular weight excluding hydrogens is 360 g/mol. The number of aromatic hydroxyl groups is 2. The maximum Gasteiger partial charge on any atom is 0.333 e. The Morgan fingerprint density at radius 2 is 1.82 bits per heavy atom. The van der Waals surface area contributed by atoms with Crippen molar-refractivity contribution >= 4 is 17.5 Å². The van der Waals surface area contributed by atoms with E-state index in [1.54, 1.807) is 19.9 Å². The van der Waals surface area contributed by atoms with Crippen LogP contribution in [0.15, 0.2) is 35.9 Å².